The van der Waals surface area contributed by atoms with Crippen LogP contribution >= 0.6 is 22.0 Å². The third-order valence-corrected chi connectivity index (χ3v) is 7.21. The van der Waals surface area contributed by atoms with Crippen molar-refractivity contribution in [2.24, 2.45) is 5.92 Å². The van der Waals surface area contributed by atoms with Gasteiger partial charge in [0.25, 0.3) is 9.05 Å². The molecule has 7 heteroatoms. The van der Waals surface area contributed by atoms with Crippen molar-refractivity contribution < 1.29 is 13.2 Å². The molecule has 4 nitrogen and oxygen atoms in total. The fourth-order valence-electron chi connectivity index (χ4n) is 2.64. The Balaban J connectivity index is 1.98. The minimum atomic E-state index is -3.69. The van der Waals surface area contributed by atoms with Crippen LogP contribution in [-0.2, 0) is 13.8 Å². The Bertz CT molecular complexity index is 589. The molecule has 0 radical (unpaired) electrons. The highest BCUT2D eigenvalue weighted by Crippen LogP contribution is 2.29. The Morgan fingerprint density at radius 1 is 1.29 bits per heavy atom. The summed E-state index contributed by atoms with van der Waals surface area (Å²) in [6.45, 7) is 1.87. The highest BCUT2D eigenvalue weighted by Gasteiger charge is 2.23. The summed E-state index contributed by atoms with van der Waals surface area (Å²) >= 11 is 1.11. The Kier molecular flexibility index (Phi) is 5.68. The summed E-state index contributed by atoms with van der Waals surface area (Å²) in [5.41, 5.74) is 0. The molecule has 1 amide bonds. The lowest BCUT2D eigenvalue weighted by atomic mass is 9.99. The lowest BCUT2D eigenvalue weighted by Gasteiger charge is -2.18. The number of hydrogen-bond donors (Lipinski definition) is 1. The van der Waals surface area contributed by atoms with Crippen LogP contribution in [0.25, 0.3) is 0 Å². The van der Waals surface area contributed by atoms with E-state index in [0.717, 1.165) is 41.9 Å². The second-order valence-electron chi connectivity index (χ2n) is 5.51. The van der Waals surface area contributed by atoms with Crippen LogP contribution in [-0.4, -0.2) is 14.3 Å². The molecule has 0 saturated heterocycles. The average Bonchev–Trinajstić information content (AvgIpc) is 2.75. The lowest BCUT2D eigenvalue weighted by molar-refractivity contribution is -0.126. The van der Waals surface area contributed by atoms with Gasteiger partial charge in [-0.15, -0.1) is 11.3 Å². The summed E-state index contributed by atoms with van der Waals surface area (Å²) in [4.78, 5) is 13.1. The van der Waals surface area contributed by atoms with E-state index in [1.54, 1.807) is 6.07 Å². The monoisotopic (exact) mass is 349 g/mol. The van der Waals surface area contributed by atoms with Gasteiger partial charge in [-0.3, -0.25) is 4.79 Å². The van der Waals surface area contributed by atoms with E-state index in [2.05, 4.69) is 5.32 Å². The molecule has 0 bridgehead atoms. The molecule has 2 rings (SSSR count). The zero-order valence-corrected chi connectivity index (χ0v) is 14.4. The number of rotatable bonds is 4. The van der Waals surface area contributed by atoms with Gasteiger partial charge < -0.3 is 5.32 Å². The molecule has 1 N–H and O–H groups in total. The largest absolute Gasteiger partial charge is 0.349 e. The third kappa shape index (κ3) is 4.69. The minimum Gasteiger partial charge on any atom is -0.349 e. The van der Waals surface area contributed by atoms with Crippen LogP contribution in [0.3, 0.4) is 0 Å². The first-order valence-electron chi connectivity index (χ1n) is 7.22. The van der Waals surface area contributed by atoms with E-state index in [1.165, 1.54) is 18.9 Å². The number of thiophene rings is 1. The molecule has 0 aromatic carbocycles. The van der Waals surface area contributed by atoms with E-state index in [-0.39, 0.29) is 22.1 Å². The molecular formula is C14H20ClNO3S2. The lowest BCUT2D eigenvalue weighted by Crippen LogP contribution is -2.32. The Labute approximate surface area is 134 Å². The van der Waals surface area contributed by atoms with Gasteiger partial charge >= 0.3 is 0 Å². The van der Waals surface area contributed by atoms with Crippen molar-refractivity contribution in [3.63, 3.8) is 0 Å². The Hall–Kier alpha value is -0.590. The maximum Gasteiger partial charge on any atom is 0.270 e. The third-order valence-electron chi connectivity index (χ3n) is 3.85. The van der Waals surface area contributed by atoms with Crippen molar-refractivity contribution in [3.8, 4) is 0 Å². The van der Waals surface area contributed by atoms with Gasteiger partial charge in [-0.2, -0.15) is 0 Å². The van der Waals surface area contributed by atoms with Gasteiger partial charge in [-0.25, -0.2) is 8.42 Å². The van der Waals surface area contributed by atoms with Crippen molar-refractivity contribution >= 4 is 37.0 Å². The highest BCUT2D eigenvalue weighted by atomic mass is 35.7. The van der Waals surface area contributed by atoms with Crippen LogP contribution in [0.15, 0.2) is 16.3 Å². The smallest absolute Gasteiger partial charge is 0.270 e. The first kappa shape index (κ1) is 16.8. The van der Waals surface area contributed by atoms with Gasteiger partial charge in [0.05, 0.1) is 6.04 Å². The predicted octanol–water partition coefficient (Wildman–Crippen LogP) is 3.82. The van der Waals surface area contributed by atoms with Crippen molar-refractivity contribution in [1.29, 1.82) is 0 Å². The molecule has 1 aromatic rings. The molecule has 0 spiro atoms. The fraction of sp³-hybridized carbons (Fsp3) is 0.643. The van der Waals surface area contributed by atoms with Crippen molar-refractivity contribution in [3.05, 3.63) is 17.0 Å². The van der Waals surface area contributed by atoms with Crippen LogP contribution < -0.4 is 5.32 Å². The Morgan fingerprint density at radius 2 is 1.90 bits per heavy atom. The fourth-order valence-corrected chi connectivity index (χ4v) is 4.74. The number of halogens is 1. The summed E-state index contributed by atoms with van der Waals surface area (Å²) in [6, 6.07) is 2.99. The topological polar surface area (TPSA) is 63.2 Å². The molecule has 1 fully saturated rings. The second kappa shape index (κ2) is 7.11. The number of carbonyl (C=O) groups excluding carboxylic acids is 1. The number of hydrogen-bond acceptors (Lipinski definition) is 4. The predicted molar refractivity (Wildman–Crippen MR) is 85.1 cm³/mol. The summed E-state index contributed by atoms with van der Waals surface area (Å²) in [6.07, 6.45) is 6.54. The highest BCUT2D eigenvalue weighted by molar-refractivity contribution is 8.15. The minimum absolute atomic E-state index is 0.0769. The van der Waals surface area contributed by atoms with E-state index in [4.69, 9.17) is 10.7 Å². The zero-order valence-electron chi connectivity index (χ0n) is 12.0. The summed E-state index contributed by atoms with van der Waals surface area (Å²) in [7, 11) is 1.63. The van der Waals surface area contributed by atoms with E-state index in [0.29, 0.717) is 0 Å². The van der Waals surface area contributed by atoms with Gasteiger partial charge in [0.2, 0.25) is 5.91 Å². The molecule has 0 aliphatic heterocycles. The van der Waals surface area contributed by atoms with Crippen LogP contribution in [0.4, 0.5) is 0 Å². The normalized spacial score (nSPS) is 19.0. The first-order valence-corrected chi connectivity index (χ1v) is 10.4. The SMILES string of the molecule is CC(NC(=O)C1CCCCCC1)c1ccc(S(=O)(=O)Cl)s1. The van der Waals surface area contributed by atoms with E-state index >= 15 is 0 Å². The first-order chi connectivity index (χ1) is 9.88. The summed E-state index contributed by atoms with van der Waals surface area (Å²) in [5, 5.41) is 2.99. The molecule has 118 valence electrons. The molecule has 1 aliphatic carbocycles. The van der Waals surface area contributed by atoms with E-state index in [9.17, 15) is 13.2 Å². The molecule has 1 heterocycles. The molecule has 1 aromatic heterocycles. The second-order valence-corrected chi connectivity index (χ2v) is 9.42. The maximum absolute atomic E-state index is 12.3. The molecule has 1 saturated carbocycles. The average molecular weight is 350 g/mol. The van der Waals surface area contributed by atoms with Crippen molar-refractivity contribution in [1.82, 2.24) is 5.32 Å². The quantitative estimate of drug-likeness (QED) is 0.663. The van der Waals surface area contributed by atoms with Gasteiger partial charge in [0.15, 0.2) is 0 Å². The van der Waals surface area contributed by atoms with Crippen LogP contribution in [0.2, 0.25) is 0 Å². The zero-order chi connectivity index (χ0) is 15.5. The van der Waals surface area contributed by atoms with Gasteiger partial charge in [-0.1, -0.05) is 25.7 Å². The van der Waals surface area contributed by atoms with Crippen LogP contribution in [0.1, 0.15) is 56.4 Å². The van der Waals surface area contributed by atoms with Crippen LogP contribution in [0, 0.1) is 5.92 Å². The van der Waals surface area contributed by atoms with Gasteiger partial charge in [-0.05, 0) is 31.9 Å². The Morgan fingerprint density at radius 3 is 2.43 bits per heavy atom. The number of carbonyl (C=O) groups is 1. The van der Waals surface area contributed by atoms with E-state index < -0.39 is 9.05 Å². The molecule has 1 aliphatic rings. The molecule has 1 unspecified atom stereocenters. The summed E-state index contributed by atoms with van der Waals surface area (Å²) < 4.78 is 22.7. The molecule has 21 heavy (non-hydrogen) atoms. The van der Waals surface area contributed by atoms with Gasteiger partial charge in [0, 0.05) is 21.5 Å². The number of nitrogens with one attached hydrogen (secondary N) is 1. The van der Waals surface area contributed by atoms with Crippen molar-refractivity contribution in [2.45, 2.75) is 55.7 Å². The van der Waals surface area contributed by atoms with E-state index in [1.807, 2.05) is 6.92 Å². The molecule has 1 atom stereocenters. The van der Waals surface area contributed by atoms with Crippen LogP contribution in [0.5, 0.6) is 0 Å². The van der Waals surface area contributed by atoms with Gasteiger partial charge in [0.1, 0.15) is 4.21 Å². The maximum atomic E-state index is 12.3. The number of amides is 1. The molecular weight excluding hydrogens is 330 g/mol. The summed E-state index contributed by atoms with van der Waals surface area (Å²) in [5.74, 6) is 0.166. The standard InChI is InChI=1S/C14H20ClNO3S2/c1-10(12-8-9-13(20-12)21(15,18)19)16-14(17)11-6-4-2-3-5-7-11/h8-11H,2-7H2,1H3,(H,16,17). The van der Waals surface area contributed by atoms with Crippen molar-refractivity contribution in [2.75, 3.05) is 0 Å².